The number of hydrogen-bond donors (Lipinski definition) is 2. The highest BCUT2D eigenvalue weighted by molar-refractivity contribution is 5.95. The summed E-state index contributed by atoms with van der Waals surface area (Å²) in [4.78, 5) is 14.2. The maximum Gasteiger partial charge on any atom is 0.265 e. The van der Waals surface area contributed by atoms with Crippen LogP contribution < -0.4 is 11.3 Å². The van der Waals surface area contributed by atoms with Gasteiger partial charge in [0.25, 0.3) is 5.91 Å². The van der Waals surface area contributed by atoms with Crippen LogP contribution in [0.2, 0.25) is 0 Å². The largest absolute Gasteiger partial charge is 0.299 e. The van der Waals surface area contributed by atoms with E-state index in [2.05, 4.69) is 17.2 Å². The van der Waals surface area contributed by atoms with Gasteiger partial charge >= 0.3 is 0 Å². The molecular weight excluding hydrogens is 238 g/mol. The molecule has 1 heterocycles. The van der Waals surface area contributed by atoms with Gasteiger partial charge < -0.3 is 0 Å². The average molecular weight is 261 g/mol. The smallest absolute Gasteiger partial charge is 0.265 e. The van der Waals surface area contributed by atoms with Crippen molar-refractivity contribution in [2.45, 2.75) is 32.7 Å². The summed E-state index contributed by atoms with van der Waals surface area (Å²) in [6.45, 7) is 5.35. The van der Waals surface area contributed by atoms with E-state index in [-0.39, 0.29) is 5.91 Å². The Hall–Kier alpha value is -1.39. The average Bonchev–Trinajstić information content (AvgIpc) is 2.86. The molecular formula is C15H23N3O. The lowest BCUT2D eigenvalue weighted by Crippen LogP contribution is -2.31. The Bertz CT molecular complexity index is 433. The van der Waals surface area contributed by atoms with Crippen LogP contribution in [-0.4, -0.2) is 23.9 Å². The number of benzene rings is 1. The Morgan fingerprint density at radius 2 is 2.26 bits per heavy atom. The van der Waals surface area contributed by atoms with Gasteiger partial charge in [-0.15, -0.1) is 0 Å². The fourth-order valence-electron chi connectivity index (χ4n) is 2.90. The summed E-state index contributed by atoms with van der Waals surface area (Å²) < 4.78 is 0. The van der Waals surface area contributed by atoms with Crippen LogP contribution >= 0.6 is 0 Å². The summed E-state index contributed by atoms with van der Waals surface area (Å²) in [7, 11) is 0. The van der Waals surface area contributed by atoms with Gasteiger partial charge in [-0.05, 0) is 36.9 Å². The molecule has 1 aromatic carbocycles. The lowest BCUT2D eigenvalue weighted by molar-refractivity contribution is 0.0952. The quantitative estimate of drug-likeness (QED) is 0.483. The van der Waals surface area contributed by atoms with Crippen LogP contribution in [0.3, 0.4) is 0 Å². The van der Waals surface area contributed by atoms with E-state index in [1.807, 2.05) is 24.3 Å². The molecule has 1 unspecified atom stereocenters. The number of nitrogen functional groups attached to an aromatic ring is 1. The third-order valence-corrected chi connectivity index (χ3v) is 3.85. The maximum atomic E-state index is 11.7. The van der Waals surface area contributed by atoms with E-state index in [4.69, 9.17) is 5.84 Å². The molecule has 1 aromatic rings. The van der Waals surface area contributed by atoms with Crippen molar-refractivity contribution in [2.24, 2.45) is 11.8 Å². The Balaban J connectivity index is 2.02. The zero-order valence-electron chi connectivity index (χ0n) is 11.6. The fraction of sp³-hybridized carbons (Fsp3) is 0.533. The van der Waals surface area contributed by atoms with E-state index in [1.165, 1.54) is 19.3 Å². The van der Waals surface area contributed by atoms with Crippen molar-refractivity contribution in [1.29, 1.82) is 0 Å². The molecule has 19 heavy (non-hydrogen) atoms. The summed E-state index contributed by atoms with van der Waals surface area (Å²) in [6.07, 6.45) is 3.84. The van der Waals surface area contributed by atoms with Gasteiger partial charge in [0, 0.05) is 18.7 Å². The van der Waals surface area contributed by atoms with Crippen LogP contribution in [0.4, 0.5) is 0 Å². The molecule has 1 saturated heterocycles. The Morgan fingerprint density at radius 3 is 3.00 bits per heavy atom. The number of hydrogen-bond acceptors (Lipinski definition) is 3. The number of rotatable bonds is 5. The van der Waals surface area contributed by atoms with Crippen molar-refractivity contribution in [3.8, 4) is 0 Å². The zero-order valence-corrected chi connectivity index (χ0v) is 11.6. The summed E-state index contributed by atoms with van der Waals surface area (Å²) in [5.74, 6) is 5.84. The molecule has 1 aliphatic rings. The summed E-state index contributed by atoms with van der Waals surface area (Å²) >= 11 is 0. The Labute approximate surface area is 114 Å². The van der Waals surface area contributed by atoms with E-state index in [0.29, 0.717) is 5.56 Å². The van der Waals surface area contributed by atoms with Gasteiger partial charge in [0.05, 0.1) is 0 Å². The highest BCUT2D eigenvalue weighted by Gasteiger charge is 2.22. The first-order valence-corrected chi connectivity index (χ1v) is 7.05. The number of amides is 1. The second-order valence-corrected chi connectivity index (χ2v) is 5.31. The lowest BCUT2D eigenvalue weighted by atomic mass is 10.0. The monoisotopic (exact) mass is 261 g/mol. The van der Waals surface area contributed by atoms with Crippen molar-refractivity contribution in [3.05, 3.63) is 35.4 Å². The molecule has 1 atom stereocenters. The number of carbonyl (C=O) groups is 1. The van der Waals surface area contributed by atoms with Crippen LogP contribution in [0.1, 0.15) is 42.1 Å². The molecule has 1 fully saturated rings. The number of hydrazine groups is 1. The SMILES string of the molecule is CCCC1CCN(Cc2ccccc2C(=O)NN)C1. The molecule has 104 valence electrons. The van der Waals surface area contributed by atoms with E-state index >= 15 is 0 Å². The standard InChI is InChI=1S/C15H23N3O/c1-2-5-12-8-9-18(10-12)11-13-6-3-4-7-14(13)15(19)17-16/h3-4,6-7,12H,2,5,8-11,16H2,1H3,(H,17,19). The van der Waals surface area contributed by atoms with E-state index in [1.54, 1.807) is 0 Å². The summed E-state index contributed by atoms with van der Waals surface area (Å²) in [6, 6.07) is 7.69. The number of nitrogens with two attached hydrogens (primary N) is 1. The lowest BCUT2D eigenvalue weighted by Gasteiger charge is -2.17. The molecule has 0 radical (unpaired) electrons. The summed E-state index contributed by atoms with van der Waals surface area (Å²) in [5, 5.41) is 0. The van der Waals surface area contributed by atoms with Crippen molar-refractivity contribution in [3.63, 3.8) is 0 Å². The first kappa shape index (κ1) is 14.0. The minimum atomic E-state index is -0.208. The molecule has 0 aliphatic carbocycles. The van der Waals surface area contributed by atoms with Gasteiger partial charge in [0.15, 0.2) is 0 Å². The van der Waals surface area contributed by atoms with Crippen molar-refractivity contribution in [2.75, 3.05) is 13.1 Å². The fourth-order valence-corrected chi connectivity index (χ4v) is 2.90. The van der Waals surface area contributed by atoms with Gasteiger partial charge in [0.1, 0.15) is 0 Å². The molecule has 0 aromatic heterocycles. The van der Waals surface area contributed by atoms with Crippen LogP contribution in [0.5, 0.6) is 0 Å². The third kappa shape index (κ3) is 3.55. The number of carbonyl (C=O) groups excluding carboxylic acids is 1. The van der Waals surface area contributed by atoms with E-state index < -0.39 is 0 Å². The van der Waals surface area contributed by atoms with Gasteiger partial charge in [-0.1, -0.05) is 31.5 Å². The van der Waals surface area contributed by atoms with Gasteiger partial charge in [-0.2, -0.15) is 0 Å². The molecule has 0 saturated carbocycles. The zero-order chi connectivity index (χ0) is 13.7. The summed E-state index contributed by atoms with van der Waals surface area (Å²) in [5.41, 5.74) is 3.96. The Kier molecular flexibility index (Phi) is 4.93. The van der Waals surface area contributed by atoms with Crippen LogP contribution in [0.25, 0.3) is 0 Å². The number of nitrogens with zero attached hydrogens (tertiary/aromatic N) is 1. The normalized spacial score (nSPS) is 19.6. The number of nitrogens with one attached hydrogen (secondary N) is 1. The van der Waals surface area contributed by atoms with E-state index in [0.717, 1.165) is 31.1 Å². The second-order valence-electron chi connectivity index (χ2n) is 5.31. The van der Waals surface area contributed by atoms with Crippen LogP contribution in [0, 0.1) is 5.92 Å². The molecule has 4 heteroatoms. The number of likely N-dealkylation sites (tertiary alicyclic amines) is 1. The van der Waals surface area contributed by atoms with Crippen LogP contribution in [0.15, 0.2) is 24.3 Å². The predicted molar refractivity (Wildman–Crippen MR) is 76.4 cm³/mol. The predicted octanol–water partition coefficient (Wildman–Crippen LogP) is 1.91. The first-order chi connectivity index (χ1) is 9.24. The highest BCUT2D eigenvalue weighted by Crippen LogP contribution is 2.23. The second kappa shape index (κ2) is 6.68. The van der Waals surface area contributed by atoms with Gasteiger partial charge in [0.2, 0.25) is 0 Å². The molecule has 1 amide bonds. The maximum absolute atomic E-state index is 11.7. The molecule has 3 N–H and O–H groups in total. The van der Waals surface area contributed by atoms with Crippen molar-refractivity contribution in [1.82, 2.24) is 10.3 Å². The van der Waals surface area contributed by atoms with Crippen LogP contribution in [-0.2, 0) is 6.54 Å². The minimum Gasteiger partial charge on any atom is -0.299 e. The minimum absolute atomic E-state index is 0.208. The first-order valence-electron chi connectivity index (χ1n) is 7.05. The van der Waals surface area contributed by atoms with E-state index in [9.17, 15) is 4.79 Å². The van der Waals surface area contributed by atoms with Gasteiger partial charge in [-0.25, -0.2) is 5.84 Å². The molecule has 0 bridgehead atoms. The van der Waals surface area contributed by atoms with Crippen molar-refractivity contribution >= 4 is 5.91 Å². The topological polar surface area (TPSA) is 58.4 Å². The van der Waals surface area contributed by atoms with Crippen molar-refractivity contribution < 1.29 is 4.79 Å². The molecule has 0 spiro atoms. The third-order valence-electron chi connectivity index (χ3n) is 3.85. The van der Waals surface area contributed by atoms with Gasteiger partial charge in [-0.3, -0.25) is 15.1 Å². The molecule has 1 aliphatic heterocycles. The molecule has 4 nitrogen and oxygen atoms in total. The Morgan fingerprint density at radius 1 is 1.47 bits per heavy atom. The molecule has 2 rings (SSSR count). The highest BCUT2D eigenvalue weighted by atomic mass is 16.2.